The third-order valence-corrected chi connectivity index (χ3v) is 5.08. The lowest BCUT2D eigenvalue weighted by molar-refractivity contribution is 0.102. The molecule has 8 nitrogen and oxygen atoms in total. The lowest BCUT2D eigenvalue weighted by atomic mass is 10.2. The van der Waals surface area contributed by atoms with E-state index in [0.29, 0.717) is 28.1 Å². The molecule has 0 radical (unpaired) electrons. The fraction of sp³-hybridized carbons (Fsp3) is 0.143. The van der Waals surface area contributed by atoms with Gasteiger partial charge in [-0.05, 0) is 62.0 Å². The average molecular weight is 417 g/mol. The van der Waals surface area contributed by atoms with Crippen LogP contribution in [0.3, 0.4) is 0 Å². The van der Waals surface area contributed by atoms with Crippen LogP contribution in [0.2, 0.25) is 0 Å². The first kappa shape index (κ1) is 19.7. The van der Waals surface area contributed by atoms with Gasteiger partial charge >= 0.3 is 0 Å². The smallest absolute Gasteiger partial charge is 0.256 e. The molecule has 0 fully saturated rings. The number of nitrogens with one attached hydrogen (secondary N) is 1. The van der Waals surface area contributed by atoms with Crippen LogP contribution in [-0.2, 0) is 0 Å². The average Bonchev–Trinajstić information content (AvgIpc) is 3.25. The van der Waals surface area contributed by atoms with Crippen LogP contribution < -0.4 is 5.32 Å². The number of hydrogen-bond acceptors (Lipinski definition) is 7. The number of hydrogen-bond donors (Lipinski definition) is 1. The minimum atomic E-state index is -0.249. The van der Waals surface area contributed by atoms with Crippen molar-refractivity contribution in [2.75, 3.05) is 5.32 Å². The quantitative estimate of drug-likeness (QED) is 0.471. The van der Waals surface area contributed by atoms with E-state index in [2.05, 4.69) is 30.5 Å². The summed E-state index contributed by atoms with van der Waals surface area (Å²) in [5, 5.41) is 11.6. The van der Waals surface area contributed by atoms with Crippen molar-refractivity contribution in [2.24, 2.45) is 0 Å². The standard InChI is InChI=1S/C21H19N7OS/c1-14(2)28-13-24-27-19(28)17-8-4-9-18(25-17)26-20(29)15-6-3-7-16(12-15)30-21-22-10-5-11-23-21/h3-14H,1-2H3,(H,25,26,29). The summed E-state index contributed by atoms with van der Waals surface area (Å²) in [6.45, 7) is 4.09. The van der Waals surface area contributed by atoms with Crippen LogP contribution in [0, 0.1) is 0 Å². The number of carbonyl (C=O) groups excluding carboxylic acids is 1. The molecule has 30 heavy (non-hydrogen) atoms. The van der Waals surface area contributed by atoms with Crippen molar-refractivity contribution in [2.45, 2.75) is 29.9 Å². The molecule has 0 aliphatic rings. The molecule has 1 N–H and O–H groups in total. The van der Waals surface area contributed by atoms with Crippen LogP contribution in [0.15, 0.2) is 77.3 Å². The third-order valence-electron chi connectivity index (χ3n) is 4.20. The van der Waals surface area contributed by atoms with Gasteiger partial charge in [-0.3, -0.25) is 4.79 Å². The summed E-state index contributed by atoms with van der Waals surface area (Å²) >= 11 is 1.39. The lowest BCUT2D eigenvalue weighted by Gasteiger charge is -2.11. The molecule has 0 unspecified atom stereocenters. The van der Waals surface area contributed by atoms with Gasteiger partial charge in [-0.1, -0.05) is 12.1 Å². The van der Waals surface area contributed by atoms with E-state index in [-0.39, 0.29) is 11.9 Å². The van der Waals surface area contributed by atoms with Crippen molar-refractivity contribution < 1.29 is 4.79 Å². The highest BCUT2D eigenvalue weighted by Gasteiger charge is 2.13. The van der Waals surface area contributed by atoms with Crippen molar-refractivity contribution in [3.05, 3.63) is 72.8 Å². The first-order chi connectivity index (χ1) is 14.6. The number of nitrogens with zero attached hydrogens (tertiary/aromatic N) is 6. The Morgan fingerprint density at radius 1 is 1.07 bits per heavy atom. The molecule has 0 bridgehead atoms. The molecule has 3 heterocycles. The molecule has 0 saturated heterocycles. The summed E-state index contributed by atoms with van der Waals surface area (Å²) < 4.78 is 1.93. The van der Waals surface area contributed by atoms with Crippen molar-refractivity contribution in [3.63, 3.8) is 0 Å². The normalized spacial score (nSPS) is 10.9. The minimum Gasteiger partial charge on any atom is -0.310 e. The predicted molar refractivity (Wildman–Crippen MR) is 114 cm³/mol. The molecular weight excluding hydrogens is 398 g/mol. The molecule has 0 aliphatic carbocycles. The third kappa shape index (κ3) is 4.52. The van der Waals surface area contributed by atoms with Crippen molar-refractivity contribution in [1.82, 2.24) is 29.7 Å². The van der Waals surface area contributed by atoms with Crippen LogP contribution >= 0.6 is 11.8 Å². The van der Waals surface area contributed by atoms with Crippen LogP contribution in [-0.4, -0.2) is 35.6 Å². The Labute approximate surface area is 177 Å². The lowest BCUT2D eigenvalue weighted by Crippen LogP contribution is -2.13. The zero-order chi connectivity index (χ0) is 20.9. The van der Waals surface area contributed by atoms with E-state index in [1.165, 1.54) is 11.8 Å². The van der Waals surface area contributed by atoms with Crippen molar-refractivity contribution in [1.29, 1.82) is 0 Å². The fourth-order valence-corrected chi connectivity index (χ4v) is 3.54. The largest absolute Gasteiger partial charge is 0.310 e. The predicted octanol–water partition coefficient (Wildman–Crippen LogP) is 4.11. The van der Waals surface area contributed by atoms with Crippen molar-refractivity contribution >= 4 is 23.5 Å². The van der Waals surface area contributed by atoms with Crippen molar-refractivity contribution in [3.8, 4) is 11.5 Å². The number of rotatable bonds is 6. The highest BCUT2D eigenvalue weighted by Crippen LogP contribution is 2.25. The van der Waals surface area contributed by atoms with Crippen LogP contribution in [0.25, 0.3) is 11.5 Å². The summed E-state index contributed by atoms with van der Waals surface area (Å²) in [7, 11) is 0. The fourth-order valence-electron chi connectivity index (χ4n) is 2.77. The molecular formula is C21H19N7OS. The topological polar surface area (TPSA) is 98.5 Å². The highest BCUT2D eigenvalue weighted by molar-refractivity contribution is 7.99. The molecule has 150 valence electrons. The van der Waals surface area contributed by atoms with Crippen LogP contribution in [0.5, 0.6) is 0 Å². The molecule has 1 aromatic carbocycles. The molecule has 4 aromatic rings. The second kappa shape index (κ2) is 8.83. The Kier molecular flexibility index (Phi) is 5.80. The van der Waals surface area contributed by atoms with E-state index in [4.69, 9.17) is 0 Å². The first-order valence-electron chi connectivity index (χ1n) is 9.33. The van der Waals surface area contributed by atoms with Gasteiger partial charge in [0.05, 0.1) is 0 Å². The zero-order valence-electron chi connectivity index (χ0n) is 16.4. The number of amides is 1. The summed E-state index contributed by atoms with van der Waals surface area (Å²) in [6, 6.07) is 14.7. The number of aromatic nitrogens is 6. The van der Waals surface area contributed by atoms with Gasteiger partial charge in [0.1, 0.15) is 17.8 Å². The molecule has 3 aromatic heterocycles. The Morgan fingerprint density at radius 3 is 2.67 bits per heavy atom. The SMILES string of the molecule is CC(C)n1cnnc1-c1cccc(NC(=O)c2cccc(Sc3ncccn3)c2)n1. The maximum atomic E-state index is 12.8. The zero-order valence-corrected chi connectivity index (χ0v) is 17.2. The van der Waals surface area contributed by atoms with Gasteiger partial charge in [-0.25, -0.2) is 15.0 Å². The Hall–Kier alpha value is -3.59. The molecule has 0 saturated carbocycles. The van der Waals surface area contributed by atoms with E-state index in [9.17, 15) is 4.79 Å². The molecule has 0 spiro atoms. The molecule has 9 heteroatoms. The monoisotopic (exact) mass is 417 g/mol. The number of pyridine rings is 1. The van der Waals surface area contributed by atoms with Crippen LogP contribution in [0.4, 0.5) is 5.82 Å². The molecule has 1 amide bonds. The van der Waals surface area contributed by atoms with E-state index >= 15 is 0 Å². The highest BCUT2D eigenvalue weighted by atomic mass is 32.2. The van der Waals surface area contributed by atoms with Gasteiger partial charge in [0.2, 0.25) is 0 Å². The van der Waals surface area contributed by atoms with Crippen LogP contribution in [0.1, 0.15) is 30.2 Å². The van der Waals surface area contributed by atoms with Gasteiger partial charge in [0, 0.05) is 28.9 Å². The van der Waals surface area contributed by atoms with E-state index < -0.39 is 0 Å². The Balaban J connectivity index is 1.52. The molecule has 4 rings (SSSR count). The number of benzene rings is 1. The summed E-state index contributed by atoms with van der Waals surface area (Å²) in [5.74, 6) is 0.851. The van der Waals surface area contributed by atoms with Gasteiger partial charge in [0.15, 0.2) is 11.0 Å². The Bertz CT molecular complexity index is 1160. The van der Waals surface area contributed by atoms with Gasteiger partial charge in [-0.2, -0.15) is 0 Å². The molecule has 0 atom stereocenters. The second-order valence-electron chi connectivity index (χ2n) is 6.68. The number of carbonyl (C=O) groups is 1. The Morgan fingerprint density at radius 2 is 1.87 bits per heavy atom. The molecule has 0 aliphatic heterocycles. The summed E-state index contributed by atoms with van der Waals surface area (Å²) in [5.41, 5.74) is 1.16. The summed E-state index contributed by atoms with van der Waals surface area (Å²) in [6.07, 6.45) is 5.04. The second-order valence-corrected chi connectivity index (χ2v) is 7.72. The van der Waals surface area contributed by atoms with Gasteiger partial charge in [-0.15, -0.1) is 10.2 Å². The van der Waals surface area contributed by atoms with Gasteiger partial charge in [0.25, 0.3) is 5.91 Å². The maximum Gasteiger partial charge on any atom is 0.256 e. The summed E-state index contributed by atoms with van der Waals surface area (Å²) in [4.78, 5) is 26.6. The van der Waals surface area contributed by atoms with E-state index in [0.717, 1.165) is 4.90 Å². The number of anilines is 1. The maximum absolute atomic E-state index is 12.8. The van der Waals surface area contributed by atoms with E-state index in [1.54, 1.807) is 43.0 Å². The minimum absolute atomic E-state index is 0.198. The van der Waals surface area contributed by atoms with Gasteiger partial charge < -0.3 is 9.88 Å². The first-order valence-corrected chi connectivity index (χ1v) is 10.1. The van der Waals surface area contributed by atoms with E-state index in [1.807, 2.05) is 42.7 Å².